The highest BCUT2D eigenvalue weighted by molar-refractivity contribution is 7.98. The van der Waals surface area contributed by atoms with Gasteiger partial charge in [-0.1, -0.05) is 12.1 Å². The fraction of sp³-hybridized carbons (Fsp3) is 0.278. The molecule has 5 nitrogen and oxygen atoms in total. The molecule has 2 aromatic carbocycles. The van der Waals surface area contributed by atoms with Crippen LogP contribution in [0.5, 0.6) is 0 Å². The molecule has 0 aliphatic heterocycles. The van der Waals surface area contributed by atoms with Crippen molar-refractivity contribution in [2.75, 3.05) is 19.8 Å². The van der Waals surface area contributed by atoms with Crippen molar-refractivity contribution >= 4 is 27.7 Å². The summed E-state index contributed by atoms with van der Waals surface area (Å²) in [6.45, 7) is 1.51. The first kappa shape index (κ1) is 20.4. The molecular weight excluding hydrogens is 375 g/mol. The standard InChI is InChI=1S/C18H21FN2O3S2/c1-13(14-4-8-16(25-3)9-5-14)20-18(22)12-21(2)26(23,24)17-10-6-15(19)7-11-17/h4-11,13H,12H2,1-3H3,(H,20,22). The van der Waals surface area contributed by atoms with E-state index in [2.05, 4.69) is 5.32 Å². The molecule has 1 N–H and O–H groups in total. The van der Waals surface area contributed by atoms with Crippen molar-refractivity contribution in [2.45, 2.75) is 22.8 Å². The molecule has 2 aromatic rings. The van der Waals surface area contributed by atoms with Gasteiger partial charge in [0.05, 0.1) is 17.5 Å². The van der Waals surface area contributed by atoms with Gasteiger partial charge in [0.25, 0.3) is 0 Å². The number of halogens is 1. The monoisotopic (exact) mass is 396 g/mol. The molecular formula is C18H21FN2O3S2. The van der Waals surface area contributed by atoms with Crippen molar-refractivity contribution < 1.29 is 17.6 Å². The minimum absolute atomic E-state index is 0.0603. The lowest BCUT2D eigenvalue weighted by molar-refractivity contribution is -0.121. The first-order valence-electron chi connectivity index (χ1n) is 7.89. The molecule has 0 spiro atoms. The van der Waals surface area contributed by atoms with Crippen LogP contribution in [-0.4, -0.2) is 38.5 Å². The van der Waals surface area contributed by atoms with Gasteiger partial charge in [-0.05, 0) is 55.1 Å². The Hall–Kier alpha value is -1.90. The second kappa shape index (κ2) is 8.66. The summed E-state index contributed by atoms with van der Waals surface area (Å²) in [6, 6.07) is 12.0. The van der Waals surface area contributed by atoms with Gasteiger partial charge in [-0.3, -0.25) is 4.79 Å². The largest absolute Gasteiger partial charge is 0.348 e. The maximum atomic E-state index is 13.0. The minimum atomic E-state index is -3.86. The van der Waals surface area contributed by atoms with E-state index in [1.807, 2.05) is 37.4 Å². The molecule has 8 heteroatoms. The molecule has 1 amide bonds. The average Bonchev–Trinajstić information content (AvgIpc) is 2.61. The number of likely N-dealkylation sites (N-methyl/N-ethyl adjacent to an activating group) is 1. The number of benzene rings is 2. The van der Waals surface area contributed by atoms with Gasteiger partial charge in [0, 0.05) is 11.9 Å². The Morgan fingerprint density at radius 3 is 2.27 bits per heavy atom. The molecule has 140 valence electrons. The van der Waals surface area contributed by atoms with E-state index in [1.165, 1.54) is 19.2 Å². The number of amides is 1. The molecule has 0 aliphatic rings. The van der Waals surface area contributed by atoms with Crippen molar-refractivity contribution in [3.05, 3.63) is 59.9 Å². The van der Waals surface area contributed by atoms with Crippen LogP contribution >= 0.6 is 11.8 Å². The molecule has 0 bridgehead atoms. The Balaban J connectivity index is 2.00. The van der Waals surface area contributed by atoms with Gasteiger partial charge in [0.15, 0.2) is 0 Å². The number of nitrogens with one attached hydrogen (secondary N) is 1. The predicted octanol–water partition coefficient (Wildman–Crippen LogP) is 3.05. The third-order valence-corrected chi connectivity index (χ3v) is 6.44. The molecule has 26 heavy (non-hydrogen) atoms. The van der Waals surface area contributed by atoms with Gasteiger partial charge in [0.1, 0.15) is 5.82 Å². The third-order valence-electron chi connectivity index (χ3n) is 3.88. The van der Waals surface area contributed by atoms with Crippen LogP contribution in [0.15, 0.2) is 58.3 Å². The lowest BCUT2D eigenvalue weighted by Gasteiger charge is -2.19. The summed E-state index contributed by atoms with van der Waals surface area (Å²) in [5, 5.41) is 2.79. The molecule has 0 saturated heterocycles. The van der Waals surface area contributed by atoms with Gasteiger partial charge in [-0.25, -0.2) is 12.8 Å². The number of thioether (sulfide) groups is 1. The summed E-state index contributed by atoms with van der Waals surface area (Å²) in [5.41, 5.74) is 0.931. The molecule has 0 saturated carbocycles. The Labute approximate surface area is 157 Å². The zero-order valence-corrected chi connectivity index (χ0v) is 16.4. The summed E-state index contributed by atoms with van der Waals surface area (Å²) in [7, 11) is -2.54. The van der Waals surface area contributed by atoms with Crippen LogP contribution in [0.1, 0.15) is 18.5 Å². The average molecular weight is 397 g/mol. The van der Waals surface area contributed by atoms with E-state index in [9.17, 15) is 17.6 Å². The minimum Gasteiger partial charge on any atom is -0.348 e. The van der Waals surface area contributed by atoms with Crippen LogP contribution in [0.4, 0.5) is 4.39 Å². The topological polar surface area (TPSA) is 66.5 Å². The molecule has 0 radical (unpaired) electrons. The first-order chi connectivity index (χ1) is 12.2. The van der Waals surface area contributed by atoms with Gasteiger partial charge in [-0.15, -0.1) is 11.8 Å². The van der Waals surface area contributed by atoms with Crippen LogP contribution in [0, 0.1) is 5.82 Å². The molecule has 1 unspecified atom stereocenters. The fourth-order valence-corrected chi connectivity index (χ4v) is 3.87. The smallest absolute Gasteiger partial charge is 0.243 e. The maximum Gasteiger partial charge on any atom is 0.243 e. The highest BCUT2D eigenvalue weighted by atomic mass is 32.2. The third kappa shape index (κ3) is 5.06. The number of sulfonamides is 1. The molecule has 0 fully saturated rings. The summed E-state index contributed by atoms with van der Waals surface area (Å²) in [4.78, 5) is 13.3. The Kier molecular flexibility index (Phi) is 6.80. The molecule has 0 aliphatic carbocycles. The van der Waals surface area contributed by atoms with Crippen molar-refractivity contribution in [3.63, 3.8) is 0 Å². The Morgan fingerprint density at radius 1 is 1.15 bits per heavy atom. The first-order valence-corrected chi connectivity index (χ1v) is 10.6. The highest BCUT2D eigenvalue weighted by Gasteiger charge is 2.23. The van der Waals surface area contributed by atoms with Gasteiger partial charge in [-0.2, -0.15) is 4.31 Å². The Morgan fingerprint density at radius 2 is 1.73 bits per heavy atom. The van der Waals surface area contributed by atoms with E-state index in [4.69, 9.17) is 0 Å². The second-order valence-corrected chi connectivity index (χ2v) is 8.70. The number of hydrogen-bond donors (Lipinski definition) is 1. The van der Waals surface area contributed by atoms with E-state index < -0.39 is 21.7 Å². The predicted molar refractivity (Wildman–Crippen MR) is 101 cm³/mol. The van der Waals surface area contributed by atoms with Crippen LogP contribution in [0.25, 0.3) is 0 Å². The van der Waals surface area contributed by atoms with Gasteiger partial charge < -0.3 is 5.32 Å². The fourth-order valence-electron chi connectivity index (χ4n) is 2.34. The van der Waals surface area contributed by atoms with Gasteiger partial charge >= 0.3 is 0 Å². The van der Waals surface area contributed by atoms with E-state index in [0.29, 0.717) is 0 Å². The SMILES string of the molecule is CSc1ccc(C(C)NC(=O)CN(C)S(=O)(=O)c2ccc(F)cc2)cc1. The number of nitrogens with zero attached hydrogens (tertiary/aromatic N) is 1. The van der Waals surface area contributed by atoms with E-state index in [0.717, 1.165) is 26.9 Å². The second-order valence-electron chi connectivity index (χ2n) is 5.78. The molecule has 0 heterocycles. The quantitative estimate of drug-likeness (QED) is 0.731. The van der Waals surface area contributed by atoms with E-state index in [-0.39, 0.29) is 17.5 Å². The lowest BCUT2D eigenvalue weighted by atomic mass is 10.1. The summed E-state index contributed by atoms with van der Waals surface area (Å²) in [5.74, 6) is -0.940. The van der Waals surface area contributed by atoms with Crippen molar-refractivity contribution in [2.24, 2.45) is 0 Å². The highest BCUT2D eigenvalue weighted by Crippen LogP contribution is 2.19. The normalized spacial score (nSPS) is 12.8. The Bertz CT molecular complexity index is 853. The van der Waals surface area contributed by atoms with Crippen LogP contribution in [0.2, 0.25) is 0 Å². The molecule has 1 atom stereocenters. The maximum absolute atomic E-state index is 13.0. The molecule has 2 rings (SSSR count). The van der Waals surface area contributed by atoms with Gasteiger partial charge in [0.2, 0.25) is 15.9 Å². The lowest BCUT2D eigenvalue weighted by Crippen LogP contribution is -2.39. The summed E-state index contributed by atoms with van der Waals surface area (Å²) >= 11 is 1.63. The number of rotatable bonds is 7. The number of hydrogen-bond acceptors (Lipinski definition) is 4. The zero-order chi connectivity index (χ0) is 19.3. The van der Waals surface area contributed by atoms with E-state index in [1.54, 1.807) is 11.8 Å². The van der Waals surface area contributed by atoms with Crippen molar-refractivity contribution in [1.29, 1.82) is 0 Å². The number of carbonyl (C=O) groups excluding carboxylic acids is 1. The molecule has 0 aromatic heterocycles. The number of carbonyl (C=O) groups is 1. The van der Waals surface area contributed by atoms with Crippen LogP contribution in [0.3, 0.4) is 0 Å². The summed E-state index contributed by atoms with van der Waals surface area (Å²) < 4.78 is 38.8. The summed E-state index contributed by atoms with van der Waals surface area (Å²) in [6.07, 6.45) is 1.98. The van der Waals surface area contributed by atoms with Crippen molar-refractivity contribution in [3.8, 4) is 0 Å². The van der Waals surface area contributed by atoms with Crippen LogP contribution in [-0.2, 0) is 14.8 Å². The zero-order valence-electron chi connectivity index (χ0n) is 14.8. The van der Waals surface area contributed by atoms with Crippen molar-refractivity contribution in [1.82, 2.24) is 9.62 Å². The van der Waals surface area contributed by atoms with Crippen LogP contribution < -0.4 is 5.32 Å². The van der Waals surface area contributed by atoms with E-state index >= 15 is 0 Å².